The standard InChI is InChI=1S/C12H21N/c1-9(2)5-6-11-7-12(10(3)4)13-8-11/h7-10,13H,5-6H2,1-4H3. The van der Waals surface area contributed by atoms with Gasteiger partial charge in [-0.1, -0.05) is 27.7 Å². The van der Waals surface area contributed by atoms with Gasteiger partial charge in [0.25, 0.3) is 0 Å². The van der Waals surface area contributed by atoms with Crippen molar-refractivity contribution in [2.45, 2.75) is 46.5 Å². The average Bonchev–Trinajstić information content (AvgIpc) is 2.48. The van der Waals surface area contributed by atoms with Gasteiger partial charge in [0, 0.05) is 11.9 Å². The summed E-state index contributed by atoms with van der Waals surface area (Å²) in [6.45, 7) is 8.99. The lowest BCUT2D eigenvalue weighted by Gasteiger charge is -2.01. The monoisotopic (exact) mass is 179 g/mol. The molecule has 0 saturated carbocycles. The van der Waals surface area contributed by atoms with E-state index in [2.05, 4.69) is 44.9 Å². The molecule has 0 atom stereocenters. The maximum Gasteiger partial charge on any atom is 0.0175 e. The molecule has 1 aromatic rings. The van der Waals surface area contributed by atoms with Crippen molar-refractivity contribution in [1.82, 2.24) is 4.98 Å². The largest absolute Gasteiger partial charge is 0.365 e. The summed E-state index contributed by atoms with van der Waals surface area (Å²) >= 11 is 0. The van der Waals surface area contributed by atoms with Crippen LogP contribution >= 0.6 is 0 Å². The molecule has 0 aliphatic carbocycles. The summed E-state index contributed by atoms with van der Waals surface area (Å²) in [5.74, 6) is 1.42. The zero-order chi connectivity index (χ0) is 9.84. The van der Waals surface area contributed by atoms with Crippen LogP contribution in [0.3, 0.4) is 0 Å². The normalized spacial score (nSPS) is 11.5. The van der Waals surface area contributed by atoms with Crippen LogP contribution in [0.2, 0.25) is 0 Å². The number of nitrogens with one attached hydrogen (secondary N) is 1. The fourth-order valence-corrected chi connectivity index (χ4v) is 1.39. The number of rotatable bonds is 4. The molecule has 1 rings (SSSR count). The molecule has 0 aliphatic rings. The van der Waals surface area contributed by atoms with Gasteiger partial charge < -0.3 is 4.98 Å². The van der Waals surface area contributed by atoms with E-state index in [0.717, 1.165) is 5.92 Å². The fourth-order valence-electron chi connectivity index (χ4n) is 1.39. The third-order valence-electron chi connectivity index (χ3n) is 2.40. The molecule has 1 nitrogen and oxygen atoms in total. The summed E-state index contributed by atoms with van der Waals surface area (Å²) in [6, 6.07) is 2.30. The molecule has 0 amide bonds. The molecule has 0 aromatic carbocycles. The van der Waals surface area contributed by atoms with E-state index in [4.69, 9.17) is 0 Å². The van der Waals surface area contributed by atoms with Crippen molar-refractivity contribution < 1.29 is 0 Å². The molecule has 0 fully saturated rings. The van der Waals surface area contributed by atoms with Gasteiger partial charge in [0.05, 0.1) is 0 Å². The second-order valence-corrected chi connectivity index (χ2v) is 4.55. The van der Waals surface area contributed by atoms with Crippen LogP contribution in [0.15, 0.2) is 12.3 Å². The molecule has 0 saturated heterocycles. The van der Waals surface area contributed by atoms with Crippen molar-refractivity contribution >= 4 is 0 Å². The van der Waals surface area contributed by atoms with Gasteiger partial charge in [-0.05, 0) is 36.3 Å². The van der Waals surface area contributed by atoms with E-state index >= 15 is 0 Å². The third-order valence-corrected chi connectivity index (χ3v) is 2.40. The predicted molar refractivity (Wildman–Crippen MR) is 58.0 cm³/mol. The Morgan fingerprint density at radius 1 is 1.23 bits per heavy atom. The highest BCUT2D eigenvalue weighted by atomic mass is 14.7. The topological polar surface area (TPSA) is 15.8 Å². The van der Waals surface area contributed by atoms with Crippen molar-refractivity contribution in [2.75, 3.05) is 0 Å². The molecular weight excluding hydrogens is 158 g/mol. The maximum absolute atomic E-state index is 3.33. The Labute approximate surface area is 81.6 Å². The summed E-state index contributed by atoms with van der Waals surface area (Å²) in [4.78, 5) is 3.33. The van der Waals surface area contributed by atoms with Crippen LogP contribution in [-0.4, -0.2) is 4.98 Å². The van der Waals surface area contributed by atoms with E-state index in [1.807, 2.05) is 0 Å². The maximum atomic E-state index is 3.33. The highest BCUT2D eigenvalue weighted by Gasteiger charge is 2.03. The van der Waals surface area contributed by atoms with Crippen LogP contribution in [0.5, 0.6) is 0 Å². The molecule has 1 aromatic heterocycles. The Morgan fingerprint density at radius 3 is 2.38 bits per heavy atom. The van der Waals surface area contributed by atoms with E-state index in [0.29, 0.717) is 5.92 Å². The SMILES string of the molecule is CC(C)CCc1c[nH]c(C(C)C)c1. The third kappa shape index (κ3) is 3.25. The van der Waals surface area contributed by atoms with Gasteiger partial charge in [-0.2, -0.15) is 0 Å². The Bertz CT molecular complexity index is 245. The first-order chi connectivity index (χ1) is 6.09. The van der Waals surface area contributed by atoms with Crippen LogP contribution in [0.25, 0.3) is 0 Å². The number of aromatic amines is 1. The smallest absolute Gasteiger partial charge is 0.0175 e. The molecule has 74 valence electrons. The van der Waals surface area contributed by atoms with Gasteiger partial charge in [-0.15, -0.1) is 0 Å². The first kappa shape index (κ1) is 10.4. The number of aryl methyl sites for hydroxylation is 1. The minimum Gasteiger partial charge on any atom is -0.365 e. The van der Waals surface area contributed by atoms with Gasteiger partial charge in [0.2, 0.25) is 0 Å². The number of H-pyrrole nitrogens is 1. The van der Waals surface area contributed by atoms with Gasteiger partial charge >= 0.3 is 0 Å². The summed E-state index contributed by atoms with van der Waals surface area (Å²) in [7, 11) is 0. The highest BCUT2D eigenvalue weighted by molar-refractivity contribution is 5.19. The molecule has 0 spiro atoms. The van der Waals surface area contributed by atoms with E-state index in [1.165, 1.54) is 24.1 Å². The predicted octanol–water partition coefficient (Wildman–Crippen LogP) is 3.73. The lowest BCUT2D eigenvalue weighted by atomic mass is 10.0. The van der Waals surface area contributed by atoms with Crippen molar-refractivity contribution in [2.24, 2.45) is 5.92 Å². The van der Waals surface area contributed by atoms with E-state index < -0.39 is 0 Å². The van der Waals surface area contributed by atoms with E-state index in [1.54, 1.807) is 0 Å². The minimum absolute atomic E-state index is 0.618. The van der Waals surface area contributed by atoms with Crippen molar-refractivity contribution in [3.63, 3.8) is 0 Å². The second kappa shape index (κ2) is 4.50. The molecular formula is C12H21N. The fraction of sp³-hybridized carbons (Fsp3) is 0.667. The average molecular weight is 179 g/mol. The highest BCUT2D eigenvalue weighted by Crippen LogP contribution is 2.16. The van der Waals surface area contributed by atoms with Crippen LogP contribution in [0.1, 0.15) is 51.3 Å². The number of hydrogen-bond acceptors (Lipinski definition) is 0. The molecule has 0 radical (unpaired) electrons. The molecule has 1 N–H and O–H groups in total. The summed E-state index contributed by atoms with van der Waals surface area (Å²) in [6.07, 6.45) is 4.65. The summed E-state index contributed by atoms with van der Waals surface area (Å²) < 4.78 is 0. The van der Waals surface area contributed by atoms with Gasteiger partial charge in [0.1, 0.15) is 0 Å². The van der Waals surface area contributed by atoms with Crippen LogP contribution in [0.4, 0.5) is 0 Å². The molecule has 1 heteroatoms. The van der Waals surface area contributed by atoms with E-state index in [9.17, 15) is 0 Å². The second-order valence-electron chi connectivity index (χ2n) is 4.55. The van der Waals surface area contributed by atoms with Crippen molar-refractivity contribution in [1.29, 1.82) is 0 Å². The van der Waals surface area contributed by atoms with Crippen LogP contribution < -0.4 is 0 Å². The Balaban J connectivity index is 2.49. The van der Waals surface area contributed by atoms with Crippen LogP contribution in [0, 0.1) is 5.92 Å². The van der Waals surface area contributed by atoms with Gasteiger partial charge in [-0.25, -0.2) is 0 Å². The molecule has 1 heterocycles. The minimum atomic E-state index is 0.618. The quantitative estimate of drug-likeness (QED) is 0.725. The van der Waals surface area contributed by atoms with E-state index in [-0.39, 0.29) is 0 Å². The molecule has 0 unspecified atom stereocenters. The van der Waals surface area contributed by atoms with Gasteiger partial charge in [0.15, 0.2) is 0 Å². The molecule has 0 bridgehead atoms. The lowest BCUT2D eigenvalue weighted by Crippen LogP contribution is -1.90. The van der Waals surface area contributed by atoms with Crippen molar-refractivity contribution in [3.8, 4) is 0 Å². The summed E-state index contributed by atoms with van der Waals surface area (Å²) in [5, 5.41) is 0. The van der Waals surface area contributed by atoms with Crippen LogP contribution in [-0.2, 0) is 6.42 Å². The molecule has 13 heavy (non-hydrogen) atoms. The number of aromatic nitrogens is 1. The zero-order valence-corrected chi connectivity index (χ0v) is 9.22. The van der Waals surface area contributed by atoms with Crippen molar-refractivity contribution in [3.05, 3.63) is 23.5 Å². The first-order valence-electron chi connectivity index (χ1n) is 5.26. The lowest BCUT2D eigenvalue weighted by molar-refractivity contribution is 0.587. The Kier molecular flexibility index (Phi) is 3.58. The summed E-state index contributed by atoms with van der Waals surface area (Å²) in [5.41, 5.74) is 2.82. The Morgan fingerprint density at radius 2 is 1.92 bits per heavy atom. The molecule has 0 aliphatic heterocycles. The first-order valence-corrected chi connectivity index (χ1v) is 5.26. The Hall–Kier alpha value is -0.720. The zero-order valence-electron chi connectivity index (χ0n) is 9.22. The number of hydrogen-bond donors (Lipinski definition) is 1. The van der Waals surface area contributed by atoms with Gasteiger partial charge in [-0.3, -0.25) is 0 Å².